The van der Waals surface area contributed by atoms with Gasteiger partial charge < -0.3 is 10.2 Å². The molecule has 0 aromatic carbocycles. The van der Waals surface area contributed by atoms with E-state index in [0.29, 0.717) is 6.42 Å². The highest BCUT2D eigenvalue weighted by Crippen LogP contribution is 2.26. The Bertz CT molecular complexity index is 125. The molecule has 0 bridgehead atoms. The van der Waals surface area contributed by atoms with E-state index in [1.54, 1.807) is 0 Å². The smallest absolute Gasteiger partial charge is 0.319 e. The molecule has 0 aromatic heterocycles. The van der Waals surface area contributed by atoms with E-state index in [9.17, 15) is 4.79 Å². The summed E-state index contributed by atoms with van der Waals surface area (Å²) in [5.74, 6) is -0.136. The molecule has 1 fully saturated rings. The first-order valence-corrected chi connectivity index (χ1v) is 3.79. The first kappa shape index (κ1) is 6.89. The van der Waals surface area contributed by atoms with Crippen LogP contribution in [0.3, 0.4) is 0 Å². The van der Waals surface area contributed by atoms with Crippen LogP contribution in [-0.4, -0.2) is 33.3 Å². The van der Waals surface area contributed by atoms with Crippen molar-refractivity contribution in [2.45, 2.75) is 17.8 Å². The fourth-order valence-electron chi connectivity index (χ4n) is 0.814. The molecule has 4 heteroatoms. The molecule has 0 aliphatic carbocycles. The molecule has 2 N–H and O–H groups in total. The summed E-state index contributed by atoms with van der Waals surface area (Å²) in [6, 6.07) is 0. The van der Waals surface area contributed by atoms with Crippen molar-refractivity contribution >= 4 is 17.7 Å². The first-order valence-electron chi connectivity index (χ1n) is 2.74. The Hall–Kier alpha value is -0.220. The average Bonchev–Trinajstić information content (AvgIpc) is 2.13. The number of rotatable bonds is 1. The van der Waals surface area contributed by atoms with Gasteiger partial charge in [-0.3, -0.25) is 4.79 Å². The first-order chi connectivity index (χ1) is 4.22. The molecule has 2 atom stereocenters. The predicted octanol–water partition coefficient (Wildman–Crippen LogP) is -0.0626. The monoisotopic (exact) mass is 148 g/mol. The summed E-state index contributed by atoms with van der Waals surface area (Å²) < 4.78 is 0. The van der Waals surface area contributed by atoms with Crippen LogP contribution >= 0.6 is 11.8 Å². The zero-order valence-electron chi connectivity index (χ0n) is 4.78. The lowest BCUT2D eigenvalue weighted by Crippen LogP contribution is -2.25. The Morgan fingerprint density at radius 2 is 2.33 bits per heavy atom. The summed E-state index contributed by atoms with van der Waals surface area (Å²) in [5, 5.41) is 16.8. The maximum absolute atomic E-state index is 10.2. The van der Waals surface area contributed by atoms with E-state index in [4.69, 9.17) is 10.2 Å². The van der Waals surface area contributed by atoms with Crippen LogP contribution in [0.25, 0.3) is 0 Å². The number of hydrogen-bond acceptors (Lipinski definition) is 3. The molecular weight excluding hydrogens is 140 g/mol. The van der Waals surface area contributed by atoms with Crippen LogP contribution in [0.1, 0.15) is 6.42 Å². The van der Waals surface area contributed by atoms with Gasteiger partial charge in [0.2, 0.25) is 0 Å². The number of aliphatic hydroxyl groups is 1. The summed E-state index contributed by atoms with van der Waals surface area (Å²) in [6.45, 7) is 0. The second-order valence-corrected chi connectivity index (χ2v) is 3.24. The van der Waals surface area contributed by atoms with Gasteiger partial charge in [-0.25, -0.2) is 0 Å². The van der Waals surface area contributed by atoms with E-state index in [2.05, 4.69) is 0 Å². The fraction of sp³-hybridized carbons (Fsp3) is 0.800. The third-order valence-corrected chi connectivity index (χ3v) is 2.65. The highest BCUT2D eigenvalue weighted by Gasteiger charge is 2.31. The standard InChI is InChI=1S/C5H8O3S/c6-3-1-2-9-4(3)5(7)8/h3-4,6H,1-2H2,(H,7,8)/t3-,4+/m1/s1. The van der Waals surface area contributed by atoms with Gasteiger partial charge in [-0.1, -0.05) is 0 Å². The van der Waals surface area contributed by atoms with Crippen molar-refractivity contribution in [2.24, 2.45) is 0 Å². The number of carbonyl (C=O) groups is 1. The van der Waals surface area contributed by atoms with Crippen molar-refractivity contribution in [1.29, 1.82) is 0 Å². The van der Waals surface area contributed by atoms with Gasteiger partial charge >= 0.3 is 5.97 Å². The molecule has 1 saturated heterocycles. The second kappa shape index (κ2) is 2.58. The van der Waals surface area contributed by atoms with Crippen molar-refractivity contribution < 1.29 is 15.0 Å². The van der Waals surface area contributed by atoms with E-state index in [1.165, 1.54) is 11.8 Å². The Balaban J connectivity index is 2.49. The molecule has 0 unspecified atom stereocenters. The molecule has 0 amide bonds. The molecule has 1 aliphatic heterocycles. The summed E-state index contributed by atoms with van der Waals surface area (Å²) in [6.07, 6.45) is -0.0192. The van der Waals surface area contributed by atoms with Crippen LogP contribution in [0, 0.1) is 0 Å². The summed E-state index contributed by atoms with van der Waals surface area (Å²) in [7, 11) is 0. The van der Waals surface area contributed by atoms with Gasteiger partial charge in [-0.2, -0.15) is 0 Å². The summed E-state index contributed by atoms with van der Waals surface area (Å²) >= 11 is 1.31. The Labute approximate surface area is 57.1 Å². The highest BCUT2D eigenvalue weighted by atomic mass is 32.2. The molecule has 9 heavy (non-hydrogen) atoms. The molecular formula is C5H8O3S. The van der Waals surface area contributed by atoms with E-state index < -0.39 is 17.3 Å². The average molecular weight is 148 g/mol. The van der Waals surface area contributed by atoms with Crippen molar-refractivity contribution in [3.05, 3.63) is 0 Å². The number of carboxylic acids is 1. The molecule has 1 rings (SSSR count). The maximum atomic E-state index is 10.2. The van der Waals surface area contributed by atoms with Crippen LogP contribution in [0.2, 0.25) is 0 Å². The van der Waals surface area contributed by atoms with Gasteiger partial charge in [0, 0.05) is 0 Å². The van der Waals surface area contributed by atoms with Gasteiger partial charge in [0.05, 0.1) is 6.10 Å². The second-order valence-electron chi connectivity index (χ2n) is 1.99. The van der Waals surface area contributed by atoms with Crippen molar-refractivity contribution in [3.63, 3.8) is 0 Å². The van der Waals surface area contributed by atoms with Gasteiger partial charge in [0.1, 0.15) is 5.25 Å². The lowest BCUT2D eigenvalue weighted by Gasteiger charge is -2.05. The third kappa shape index (κ3) is 1.37. The Kier molecular flexibility index (Phi) is 1.97. The molecule has 1 aliphatic rings. The quantitative estimate of drug-likeness (QED) is 0.547. The fourth-order valence-corrected chi connectivity index (χ4v) is 1.95. The number of hydrogen-bond donors (Lipinski definition) is 2. The molecule has 52 valence electrons. The highest BCUT2D eigenvalue weighted by molar-refractivity contribution is 8.00. The number of aliphatic hydroxyl groups excluding tert-OH is 1. The van der Waals surface area contributed by atoms with E-state index in [1.807, 2.05) is 0 Å². The van der Waals surface area contributed by atoms with Crippen molar-refractivity contribution in [2.75, 3.05) is 5.75 Å². The summed E-state index contributed by atoms with van der Waals surface area (Å²) in [4.78, 5) is 10.2. The predicted molar refractivity (Wildman–Crippen MR) is 34.5 cm³/mol. The lowest BCUT2D eigenvalue weighted by atomic mass is 10.2. The number of aliphatic carboxylic acids is 1. The van der Waals surface area contributed by atoms with E-state index in [0.717, 1.165) is 5.75 Å². The largest absolute Gasteiger partial charge is 0.480 e. The van der Waals surface area contributed by atoms with Gasteiger partial charge in [0.25, 0.3) is 0 Å². The van der Waals surface area contributed by atoms with Gasteiger partial charge in [0.15, 0.2) is 0 Å². The zero-order chi connectivity index (χ0) is 6.85. The molecule has 0 spiro atoms. The SMILES string of the molecule is O=C(O)[C@H]1SCC[C@H]1O. The molecule has 0 saturated carbocycles. The van der Waals surface area contributed by atoms with Crippen LogP contribution in [0.15, 0.2) is 0 Å². The van der Waals surface area contributed by atoms with Crippen LogP contribution in [-0.2, 0) is 4.79 Å². The third-order valence-electron chi connectivity index (χ3n) is 1.30. The van der Waals surface area contributed by atoms with Gasteiger partial charge in [-0.15, -0.1) is 11.8 Å². The van der Waals surface area contributed by atoms with Crippen molar-refractivity contribution in [3.8, 4) is 0 Å². The maximum Gasteiger partial charge on any atom is 0.319 e. The van der Waals surface area contributed by atoms with Crippen molar-refractivity contribution in [1.82, 2.24) is 0 Å². The number of thioether (sulfide) groups is 1. The van der Waals surface area contributed by atoms with Gasteiger partial charge in [-0.05, 0) is 12.2 Å². The number of carboxylic acid groups (broad SMARTS) is 1. The molecule has 0 aromatic rings. The lowest BCUT2D eigenvalue weighted by molar-refractivity contribution is -0.138. The Morgan fingerprint density at radius 1 is 1.67 bits per heavy atom. The Morgan fingerprint density at radius 3 is 2.56 bits per heavy atom. The molecule has 1 heterocycles. The minimum atomic E-state index is -0.898. The zero-order valence-corrected chi connectivity index (χ0v) is 5.60. The van der Waals surface area contributed by atoms with E-state index >= 15 is 0 Å². The van der Waals surface area contributed by atoms with Crippen LogP contribution in [0.5, 0.6) is 0 Å². The normalized spacial score (nSPS) is 34.8. The minimum absolute atomic E-state index is 0.579. The topological polar surface area (TPSA) is 57.5 Å². The molecule has 3 nitrogen and oxygen atoms in total. The van der Waals surface area contributed by atoms with Crippen LogP contribution < -0.4 is 0 Å². The molecule has 0 radical (unpaired) electrons. The summed E-state index contributed by atoms with van der Waals surface area (Å²) in [5.41, 5.74) is 0. The van der Waals surface area contributed by atoms with Crippen LogP contribution in [0.4, 0.5) is 0 Å². The minimum Gasteiger partial charge on any atom is -0.480 e. The van der Waals surface area contributed by atoms with E-state index in [-0.39, 0.29) is 0 Å².